The number of hydrogen-bond acceptors (Lipinski definition) is 5. The Morgan fingerprint density at radius 1 is 1.14 bits per heavy atom. The molecule has 0 radical (unpaired) electrons. The second-order valence-electron chi connectivity index (χ2n) is 6.77. The predicted molar refractivity (Wildman–Crippen MR) is 109 cm³/mol. The zero-order valence-electron chi connectivity index (χ0n) is 16.6. The van der Waals surface area contributed by atoms with E-state index in [1.165, 1.54) is 5.56 Å². The molecule has 0 aliphatic carbocycles. The van der Waals surface area contributed by atoms with E-state index in [-0.39, 0.29) is 6.03 Å². The third kappa shape index (κ3) is 4.64. The van der Waals surface area contributed by atoms with E-state index in [1.807, 2.05) is 13.0 Å². The fourth-order valence-corrected chi connectivity index (χ4v) is 2.85. The van der Waals surface area contributed by atoms with Gasteiger partial charge in [-0.25, -0.2) is 19.4 Å². The molecule has 146 valence electrons. The largest absolute Gasteiger partial charge is 0.357 e. The molecule has 2 N–H and O–H groups in total. The first kappa shape index (κ1) is 19.3. The number of aromatic nitrogens is 4. The minimum Gasteiger partial charge on any atom is -0.357 e. The lowest BCUT2D eigenvalue weighted by Gasteiger charge is -2.19. The molecule has 0 saturated heterocycles. The molecular formula is C20H25N7O. The molecule has 0 spiro atoms. The quantitative estimate of drug-likeness (QED) is 0.687. The van der Waals surface area contributed by atoms with E-state index in [2.05, 4.69) is 50.8 Å². The number of nitrogens with zero attached hydrogens (tertiary/aromatic N) is 5. The van der Waals surface area contributed by atoms with Crippen LogP contribution in [0.15, 0.2) is 42.9 Å². The highest BCUT2D eigenvalue weighted by molar-refractivity contribution is 5.88. The minimum absolute atomic E-state index is 0.216. The number of carbonyl (C=O) groups excluding carboxylic acids is 1. The standard InChI is InChI=1S/C20H25N7O/c1-14-6-5-7-16(8-14)13-27-18(15(2)9-24-27)25-20(28)26(4)12-17-10-22-19(21-3)23-11-17/h5-11H,12-13H2,1-4H3,(H,25,28)(H,21,22,23). The highest BCUT2D eigenvalue weighted by Crippen LogP contribution is 2.17. The summed E-state index contributed by atoms with van der Waals surface area (Å²) in [7, 11) is 3.49. The fraction of sp³-hybridized carbons (Fsp3) is 0.300. The van der Waals surface area contributed by atoms with Crippen LogP contribution in [0.3, 0.4) is 0 Å². The molecule has 2 heterocycles. The first-order valence-electron chi connectivity index (χ1n) is 9.05. The van der Waals surface area contributed by atoms with Crippen molar-refractivity contribution in [2.24, 2.45) is 0 Å². The number of anilines is 2. The summed E-state index contributed by atoms with van der Waals surface area (Å²) in [4.78, 5) is 22.6. The first-order valence-corrected chi connectivity index (χ1v) is 9.05. The Bertz CT molecular complexity index is 949. The van der Waals surface area contributed by atoms with Crippen molar-refractivity contribution in [3.63, 3.8) is 0 Å². The lowest BCUT2D eigenvalue weighted by molar-refractivity contribution is 0.220. The van der Waals surface area contributed by atoms with Crippen molar-refractivity contribution >= 4 is 17.8 Å². The molecule has 0 atom stereocenters. The fourth-order valence-electron chi connectivity index (χ4n) is 2.85. The number of benzene rings is 1. The van der Waals surface area contributed by atoms with Crippen LogP contribution in [0.5, 0.6) is 0 Å². The van der Waals surface area contributed by atoms with Crippen LogP contribution < -0.4 is 10.6 Å². The van der Waals surface area contributed by atoms with Gasteiger partial charge >= 0.3 is 6.03 Å². The lowest BCUT2D eigenvalue weighted by atomic mass is 10.1. The van der Waals surface area contributed by atoms with Crippen LogP contribution in [0.2, 0.25) is 0 Å². The average Bonchev–Trinajstić information content (AvgIpc) is 3.02. The number of urea groups is 1. The molecule has 0 bridgehead atoms. The van der Waals surface area contributed by atoms with E-state index >= 15 is 0 Å². The van der Waals surface area contributed by atoms with Crippen LogP contribution in [0, 0.1) is 13.8 Å². The van der Waals surface area contributed by atoms with Crippen LogP contribution in [0.1, 0.15) is 22.3 Å². The van der Waals surface area contributed by atoms with Crippen molar-refractivity contribution in [3.8, 4) is 0 Å². The maximum Gasteiger partial charge on any atom is 0.323 e. The van der Waals surface area contributed by atoms with Gasteiger partial charge in [0.15, 0.2) is 0 Å². The Hall–Kier alpha value is -3.42. The van der Waals surface area contributed by atoms with Gasteiger partial charge in [0, 0.05) is 37.6 Å². The van der Waals surface area contributed by atoms with Crippen LogP contribution in [0.4, 0.5) is 16.6 Å². The van der Waals surface area contributed by atoms with E-state index in [0.717, 1.165) is 16.7 Å². The van der Waals surface area contributed by atoms with Gasteiger partial charge in [0.05, 0.1) is 19.3 Å². The Morgan fingerprint density at radius 2 is 1.89 bits per heavy atom. The molecule has 8 nitrogen and oxygen atoms in total. The van der Waals surface area contributed by atoms with Gasteiger partial charge in [-0.2, -0.15) is 5.10 Å². The molecule has 28 heavy (non-hydrogen) atoms. The van der Waals surface area contributed by atoms with Crippen molar-refractivity contribution in [3.05, 3.63) is 65.1 Å². The molecule has 1 aromatic carbocycles. The topological polar surface area (TPSA) is 88.0 Å². The summed E-state index contributed by atoms with van der Waals surface area (Å²) in [5.41, 5.74) is 4.09. The third-order valence-electron chi connectivity index (χ3n) is 4.36. The maximum absolute atomic E-state index is 12.7. The number of nitrogens with one attached hydrogen (secondary N) is 2. The Balaban J connectivity index is 1.68. The minimum atomic E-state index is -0.216. The second kappa shape index (κ2) is 8.51. The van der Waals surface area contributed by atoms with Crippen molar-refractivity contribution in [2.75, 3.05) is 24.7 Å². The van der Waals surface area contributed by atoms with E-state index < -0.39 is 0 Å². The van der Waals surface area contributed by atoms with E-state index in [4.69, 9.17) is 0 Å². The molecule has 0 aliphatic rings. The average molecular weight is 379 g/mol. The second-order valence-corrected chi connectivity index (χ2v) is 6.77. The summed E-state index contributed by atoms with van der Waals surface area (Å²) in [6, 6.07) is 8.03. The van der Waals surface area contributed by atoms with Crippen molar-refractivity contribution in [2.45, 2.75) is 26.9 Å². The molecule has 8 heteroatoms. The van der Waals surface area contributed by atoms with Gasteiger partial charge in [0.2, 0.25) is 5.95 Å². The van der Waals surface area contributed by atoms with Crippen molar-refractivity contribution in [1.29, 1.82) is 0 Å². The molecule has 3 aromatic rings. The highest BCUT2D eigenvalue weighted by Gasteiger charge is 2.15. The van der Waals surface area contributed by atoms with E-state index in [9.17, 15) is 4.79 Å². The van der Waals surface area contributed by atoms with Crippen molar-refractivity contribution < 1.29 is 4.79 Å². The first-order chi connectivity index (χ1) is 13.5. The molecule has 2 aromatic heterocycles. The summed E-state index contributed by atoms with van der Waals surface area (Å²) >= 11 is 0. The van der Waals surface area contributed by atoms with Gasteiger partial charge in [-0.1, -0.05) is 29.8 Å². The van der Waals surface area contributed by atoms with Gasteiger partial charge in [-0.3, -0.25) is 5.32 Å². The van der Waals surface area contributed by atoms with Crippen LogP contribution >= 0.6 is 0 Å². The number of carbonyl (C=O) groups is 1. The number of rotatable bonds is 6. The molecule has 3 rings (SSSR count). The Kier molecular flexibility index (Phi) is 5.88. The normalized spacial score (nSPS) is 10.6. The predicted octanol–water partition coefficient (Wildman–Crippen LogP) is 3.04. The van der Waals surface area contributed by atoms with Crippen LogP contribution in [-0.2, 0) is 13.1 Å². The molecule has 2 amide bonds. The Labute approximate surface area is 164 Å². The molecule has 0 fully saturated rings. The molecule has 0 unspecified atom stereocenters. The van der Waals surface area contributed by atoms with E-state index in [1.54, 1.807) is 42.3 Å². The number of hydrogen-bond donors (Lipinski definition) is 2. The molecule has 0 aliphatic heterocycles. The Morgan fingerprint density at radius 3 is 2.57 bits per heavy atom. The monoisotopic (exact) mass is 379 g/mol. The third-order valence-corrected chi connectivity index (χ3v) is 4.36. The molecular weight excluding hydrogens is 354 g/mol. The van der Waals surface area contributed by atoms with Gasteiger partial charge < -0.3 is 10.2 Å². The van der Waals surface area contributed by atoms with E-state index in [0.29, 0.717) is 24.9 Å². The number of amides is 2. The summed E-state index contributed by atoms with van der Waals surface area (Å²) in [5.74, 6) is 1.24. The lowest BCUT2D eigenvalue weighted by Crippen LogP contribution is -2.32. The zero-order chi connectivity index (χ0) is 20.1. The number of aryl methyl sites for hydroxylation is 2. The summed E-state index contributed by atoms with van der Waals surface area (Å²) in [5, 5.41) is 10.3. The van der Waals surface area contributed by atoms with Gasteiger partial charge in [0.1, 0.15) is 5.82 Å². The smallest absolute Gasteiger partial charge is 0.323 e. The summed E-state index contributed by atoms with van der Waals surface area (Å²) in [6.07, 6.45) is 5.17. The summed E-state index contributed by atoms with van der Waals surface area (Å²) < 4.78 is 1.81. The summed E-state index contributed by atoms with van der Waals surface area (Å²) in [6.45, 7) is 4.98. The zero-order valence-corrected chi connectivity index (χ0v) is 16.6. The van der Waals surface area contributed by atoms with Gasteiger partial charge in [-0.05, 0) is 19.4 Å². The van der Waals surface area contributed by atoms with Gasteiger partial charge in [-0.15, -0.1) is 0 Å². The van der Waals surface area contributed by atoms with Crippen molar-refractivity contribution in [1.82, 2.24) is 24.6 Å². The highest BCUT2D eigenvalue weighted by atomic mass is 16.2. The van der Waals surface area contributed by atoms with Crippen LogP contribution in [-0.4, -0.2) is 44.8 Å². The maximum atomic E-state index is 12.7. The SMILES string of the molecule is CNc1ncc(CN(C)C(=O)Nc2c(C)cnn2Cc2cccc(C)c2)cn1. The van der Waals surface area contributed by atoms with Crippen LogP contribution in [0.25, 0.3) is 0 Å². The molecule has 0 saturated carbocycles. The van der Waals surface area contributed by atoms with Gasteiger partial charge in [0.25, 0.3) is 0 Å².